The second-order valence-corrected chi connectivity index (χ2v) is 4.85. The highest BCUT2D eigenvalue weighted by Crippen LogP contribution is 2.25. The maximum atomic E-state index is 6.36. The van der Waals surface area contributed by atoms with E-state index < -0.39 is 0 Å². The van der Waals surface area contributed by atoms with Gasteiger partial charge in [-0.2, -0.15) is 0 Å². The standard InChI is InChI=1S/C14H24N2/c1-4-5-9-13(12(2)3)16-14(15)10-7-6-8-11-14/h4-5,9,16H,1,6-8,10-11,15H2,2-3H3/b9-5-. The molecule has 1 aliphatic carbocycles. The fourth-order valence-corrected chi connectivity index (χ4v) is 2.07. The van der Waals surface area contributed by atoms with Crippen LogP contribution in [0.1, 0.15) is 46.0 Å². The van der Waals surface area contributed by atoms with Gasteiger partial charge in [-0.05, 0) is 45.6 Å². The Labute approximate surface area is 99.3 Å². The van der Waals surface area contributed by atoms with E-state index >= 15 is 0 Å². The van der Waals surface area contributed by atoms with Crippen molar-refractivity contribution in [3.63, 3.8) is 0 Å². The summed E-state index contributed by atoms with van der Waals surface area (Å²) in [5.74, 6) is 0. The molecule has 0 bridgehead atoms. The first kappa shape index (κ1) is 13.0. The molecule has 1 rings (SSSR count). The minimum Gasteiger partial charge on any atom is -0.367 e. The Hall–Kier alpha value is -1.02. The van der Waals surface area contributed by atoms with E-state index in [1.54, 1.807) is 6.08 Å². The molecule has 3 N–H and O–H groups in total. The lowest BCUT2D eigenvalue weighted by Crippen LogP contribution is -2.54. The summed E-state index contributed by atoms with van der Waals surface area (Å²) in [6.07, 6.45) is 11.7. The van der Waals surface area contributed by atoms with Gasteiger partial charge in [0.05, 0.1) is 5.66 Å². The van der Waals surface area contributed by atoms with Crippen molar-refractivity contribution in [3.05, 3.63) is 36.1 Å². The highest BCUT2D eigenvalue weighted by Gasteiger charge is 2.27. The van der Waals surface area contributed by atoms with Crippen molar-refractivity contribution in [1.29, 1.82) is 0 Å². The van der Waals surface area contributed by atoms with Crippen LogP contribution >= 0.6 is 0 Å². The number of rotatable bonds is 4. The van der Waals surface area contributed by atoms with Crippen LogP contribution < -0.4 is 11.1 Å². The first-order valence-electron chi connectivity index (χ1n) is 6.11. The highest BCUT2D eigenvalue weighted by atomic mass is 15.1. The number of nitrogens with one attached hydrogen (secondary N) is 1. The van der Waals surface area contributed by atoms with Crippen molar-refractivity contribution < 1.29 is 0 Å². The Bertz CT molecular complexity index is 290. The average molecular weight is 220 g/mol. The molecule has 0 spiro atoms. The SMILES string of the molecule is C=C/C=C\C(NC1(N)CCCCC1)=C(C)C. The smallest absolute Gasteiger partial charge is 0.0856 e. The number of hydrogen-bond acceptors (Lipinski definition) is 2. The summed E-state index contributed by atoms with van der Waals surface area (Å²) in [5.41, 5.74) is 8.54. The third kappa shape index (κ3) is 3.86. The number of hydrogen-bond donors (Lipinski definition) is 2. The van der Waals surface area contributed by atoms with Gasteiger partial charge in [-0.1, -0.05) is 30.7 Å². The molecule has 0 aliphatic heterocycles. The maximum Gasteiger partial charge on any atom is 0.0856 e. The van der Waals surface area contributed by atoms with E-state index in [9.17, 15) is 0 Å². The second kappa shape index (κ2) is 5.90. The molecule has 0 unspecified atom stereocenters. The number of nitrogens with two attached hydrogens (primary N) is 1. The van der Waals surface area contributed by atoms with Gasteiger partial charge < -0.3 is 11.1 Å². The lowest BCUT2D eigenvalue weighted by atomic mass is 9.89. The molecular formula is C14H24N2. The van der Waals surface area contributed by atoms with Crippen molar-refractivity contribution in [1.82, 2.24) is 5.32 Å². The molecule has 1 fully saturated rings. The molecule has 90 valence electrons. The van der Waals surface area contributed by atoms with Gasteiger partial charge >= 0.3 is 0 Å². The molecule has 0 aromatic rings. The zero-order valence-electron chi connectivity index (χ0n) is 10.6. The van der Waals surface area contributed by atoms with Crippen molar-refractivity contribution in [2.75, 3.05) is 0 Å². The van der Waals surface area contributed by atoms with Gasteiger partial charge in [0.2, 0.25) is 0 Å². The first-order valence-corrected chi connectivity index (χ1v) is 6.11. The van der Waals surface area contributed by atoms with Crippen LogP contribution in [0.25, 0.3) is 0 Å². The topological polar surface area (TPSA) is 38.0 Å². The number of allylic oxidation sites excluding steroid dienone is 4. The van der Waals surface area contributed by atoms with E-state index in [0.29, 0.717) is 0 Å². The van der Waals surface area contributed by atoms with Gasteiger partial charge in [0.15, 0.2) is 0 Å². The van der Waals surface area contributed by atoms with Crippen LogP contribution in [0.2, 0.25) is 0 Å². The predicted octanol–water partition coefficient (Wildman–Crippen LogP) is 3.23. The maximum absolute atomic E-state index is 6.36. The van der Waals surface area contributed by atoms with E-state index in [-0.39, 0.29) is 5.66 Å². The molecule has 1 aliphatic rings. The van der Waals surface area contributed by atoms with Gasteiger partial charge in [-0.3, -0.25) is 0 Å². The molecule has 16 heavy (non-hydrogen) atoms. The molecule has 0 aromatic heterocycles. The molecule has 1 saturated carbocycles. The second-order valence-electron chi connectivity index (χ2n) is 4.85. The van der Waals surface area contributed by atoms with Gasteiger partial charge in [0.25, 0.3) is 0 Å². The van der Waals surface area contributed by atoms with Crippen LogP contribution in [0, 0.1) is 0 Å². The summed E-state index contributed by atoms with van der Waals surface area (Å²) in [4.78, 5) is 0. The molecule has 0 atom stereocenters. The van der Waals surface area contributed by atoms with Crippen LogP contribution in [-0.4, -0.2) is 5.66 Å². The zero-order chi connectivity index (χ0) is 12.0. The van der Waals surface area contributed by atoms with Gasteiger partial charge in [-0.25, -0.2) is 0 Å². The lowest BCUT2D eigenvalue weighted by molar-refractivity contribution is 0.259. The first-order chi connectivity index (χ1) is 7.57. The highest BCUT2D eigenvalue weighted by molar-refractivity contribution is 5.25. The Morgan fingerprint density at radius 1 is 1.25 bits per heavy atom. The zero-order valence-corrected chi connectivity index (χ0v) is 10.6. The van der Waals surface area contributed by atoms with Crippen molar-refractivity contribution >= 4 is 0 Å². The van der Waals surface area contributed by atoms with E-state index in [1.165, 1.54) is 24.8 Å². The molecule has 0 saturated heterocycles. The Balaban J connectivity index is 2.71. The molecule has 0 heterocycles. The predicted molar refractivity (Wildman–Crippen MR) is 70.9 cm³/mol. The minimum atomic E-state index is -0.212. The van der Waals surface area contributed by atoms with E-state index in [1.807, 2.05) is 12.2 Å². The van der Waals surface area contributed by atoms with Gasteiger partial charge in [-0.15, -0.1) is 0 Å². The molecule has 0 amide bonds. The van der Waals surface area contributed by atoms with Crippen LogP contribution in [0.4, 0.5) is 0 Å². The minimum absolute atomic E-state index is 0.212. The summed E-state index contributed by atoms with van der Waals surface area (Å²) in [5, 5.41) is 3.49. The Morgan fingerprint density at radius 2 is 1.88 bits per heavy atom. The fraction of sp³-hybridized carbons (Fsp3) is 0.571. The molecule has 0 aromatic carbocycles. The summed E-state index contributed by atoms with van der Waals surface area (Å²) in [6.45, 7) is 7.89. The normalized spacial score (nSPS) is 19.4. The molecule has 2 heteroatoms. The lowest BCUT2D eigenvalue weighted by Gasteiger charge is -2.36. The van der Waals surface area contributed by atoms with E-state index in [0.717, 1.165) is 18.5 Å². The van der Waals surface area contributed by atoms with Crippen LogP contribution in [0.5, 0.6) is 0 Å². The monoisotopic (exact) mass is 220 g/mol. The van der Waals surface area contributed by atoms with E-state index in [4.69, 9.17) is 5.73 Å². The summed E-state index contributed by atoms with van der Waals surface area (Å²) in [7, 11) is 0. The third-order valence-electron chi connectivity index (χ3n) is 3.07. The molecular weight excluding hydrogens is 196 g/mol. The van der Waals surface area contributed by atoms with Crippen molar-refractivity contribution in [3.8, 4) is 0 Å². The summed E-state index contributed by atoms with van der Waals surface area (Å²) in [6, 6.07) is 0. The Morgan fingerprint density at radius 3 is 2.38 bits per heavy atom. The van der Waals surface area contributed by atoms with Crippen LogP contribution in [-0.2, 0) is 0 Å². The third-order valence-corrected chi connectivity index (χ3v) is 3.07. The van der Waals surface area contributed by atoms with Gasteiger partial charge in [0, 0.05) is 5.70 Å². The molecule has 0 radical (unpaired) electrons. The van der Waals surface area contributed by atoms with Crippen molar-refractivity contribution in [2.24, 2.45) is 5.73 Å². The van der Waals surface area contributed by atoms with Gasteiger partial charge in [0.1, 0.15) is 0 Å². The average Bonchev–Trinajstić information content (AvgIpc) is 2.25. The van der Waals surface area contributed by atoms with Crippen molar-refractivity contribution in [2.45, 2.75) is 51.6 Å². The van der Waals surface area contributed by atoms with Crippen LogP contribution in [0.3, 0.4) is 0 Å². The largest absolute Gasteiger partial charge is 0.367 e. The Kier molecular flexibility index (Phi) is 4.81. The summed E-state index contributed by atoms with van der Waals surface area (Å²) < 4.78 is 0. The molecule has 2 nitrogen and oxygen atoms in total. The van der Waals surface area contributed by atoms with Crippen LogP contribution in [0.15, 0.2) is 36.1 Å². The summed E-state index contributed by atoms with van der Waals surface area (Å²) >= 11 is 0. The van der Waals surface area contributed by atoms with E-state index in [2.05, 4.69) is 25.7 Å². The quantitative estimate of drug-likeness (QED) is 0.564. The fourth-order valence-electron chi connectivity index (χ4n) is 2.07.